The largest absolute Gasteiger partial charge is 0.457 e. The van der Waals surface area contributed by atoms with Crippen molar-refractivity contribution < 1.29 is 35.4 Å². The number of aliphatic hydroxyl groups is 6. The van der Waals surface area contributed by atoms with Crippen LogP contribution in [0.5, 0.6) is 11.5 Å². The molecule has 8 aromatic rings. The second kappa shape index (κ2) is 71.6. The number of hydrogen-bond donors (Lipinski definition) is 6. The standard InChI is InChI=1S/C22H18O3.2C12H12O2.2C4H10.4C2H6.15CH4/c23-13-15-1-3-19-11-21(7-5-17(19)9-15)25-22-8-6-18-10-16(14-24)2-4-20(18)12-22;2*13-7-9-1-3-11-6-10(8-14)2-4-12(11)5-9;2*1-4(2)3;4*1-2;;;;;;;;;;;;;;;/h1-12,23-24H,13-14H2;2*1-6,13-14H,7-8H2;2*4H,1-3H3;4*1-2H3;15*1H4. The Morgan fingerprint density at radius 3 is 0.476 bits per heavy atom. The molecule has 7 nitrogen and oxygen atoms in total. The predicted molar refractivity (Wildman–Crippen MR) is 399 cm³/mol. The summed E-state index contributed by atoms with van der Waals surface area (Å²) < 4.78 is 6.01. The maximum Gasteiger partial charge on any atom is 0.128 e. The molecule has 0 amide bonds. The van der Waals surface area contributed by atoms with Gasteiger partial charge in [0.15, 0.2) is 0 Å². The van der Waals surface area contributed by atoms with Crippen LogP contribution in [0, 0.1) is 11.8 Å². The topological polar surface area (TPSA) is 131 Å². The molecule has 0 aliphatic carbocycles. The molecule has 7 heteroatoms. The molecule has 0 aliphatic heterocycles. The fourth-order valence-corrected chi connectivity index (χ4v) is 6.09. The Hall–Kier alpha value is -5.64. The van der Waals surface area contributed by atoms with E-state index >= 15 is 0 Å². The second-order valence-corrected chi connectivity index (χ2v) is 16.2. The first kappa shape index (κ1) is 121. The maximum absolute atomic E-state index is 9.23. The third-order valence-electron chi connectivity index (χ3n) is 9.02. The molecule has 0 radical (unpaired) electrons. The summed E-state index contributed by atoms with van der Waals surface area (Å²) in [6, 6.07) is 46.9. The molecule has 0 aromatic heterocycles. The van der Waals surface area contributed by atoms with Crippen molar-refractivity contribution in [3.05, 3.63) is 179 Å². The van der Waals surface area contributed by atoms with Crippen LogP contribution in [0.2, 0.25) is 0 Å². The van der Waals surface area contributed by atoms with Gasteiger partial charge in [-0.3, -0.25) is 0 Å². The number of benzene rings is 8. The average Bonchev–Trinajstić information content (AvgIpc) is 3.40. The van der Waals surface area contributed by atoms with E-state index in [-0.39, 0.29) is 151 Å². The summed E-state index contributed by atoms with van der Waals surface area (Å²) in [7, 11) is 0. The quantitative estimate of drug-likeness (QED) is 0.0893. The van der Waals surface area contributed by atoms with Crippen LogP contribution in [0.25, 0.3) is 43.1 Å². The van der Waals surface area contributed by atoms with Crippen LogP contribution < -0.4 is 4.74 Å². The monoisotopic (exact) mass is 1180 g/mol. The Balaban J connectivity index is -0.0000000499. The van der Waals surface area contributed by atoms with Gasteiger partial charge in [-0.1, -0.05) is 293 Å². The lowest BCUT2D eigenvalue weighted by molar-refractivity contribution is 0.281. The highest BCUT2D eigenvalue weighted by atomic mass is 16.5. The zero-order chi connectivity index (χ0) is 52.3. The summed E-state index contributed by atoms with van der Waals surface area (Å²) in [4.78, 5) is 0. The lowest BCUT2D eigenvalue weighted by atomic mass is 10.0. The van der Waals surface area contributed by atoms with Gasteiger partial charge in [-0.15, -0.1) is 0 Å². The number of aliphatic hydroxyl groups excluding tert-OH is 6. The molecular weight excluding hydrogens is 1040 g/mol. The first-order valence-corrected chi connectivity index (χ1v) is 24.8. The summed E-state index contributed by atoms with van der Waals surface area (Å²) in [5, 5.41) is 63.0. The van der Waals surface area contributed by atoms with E-state index in [1.165, 1.54) is 0 Å². The Morgan fingerprint density at radius 2 is 0.345 bits per heavy atom. The smallest absolute Gasteiger partial charge is 0.128 e. The first-order valence-electron chi connectivity index (χ1n) is 24.8. The Bertz CT molecular complexity index is 2310. The van der Waals surface area contributed by atoms with Gasteiger partial charge in [0.05, 0.1) is 39.6 Å². The minimum Gasteiger partial charge on any atom is -0.457 e. The van der Waals surface area contributed by atoms with Crippen molar-refractivity contribution in [2.75, 3.05) is 0 Å². The molecule has 0 heterocycles. The lowest BCUT2D eigenvalue weighted by Crippen LogP contribution is -1.87. The van der Waals surface area contributed by atoms with Crippen LogP contribution in [-0.4, -0.2) is 30.6 Å². The maximum atomic E-state index is 9.23. The molecule has 84 heavy (non-hydrogen) atoms. The lowest BCUT2D eigenvalue weighted by Gasteiger charge is -2.09. The molecule has 0 fully saturated rings. The summed E-state index contributed by atoms with van der Waals surface area (Å²) in [5.41, 5.74) is 5.45. The highest BCUT2D eigenvalue weighted by Crippen LogP contribution is 2.29. The van der Waals surface area contributed by atoms with Crippen molar-refractivity contribution in [1.29, 1.82) is 0 Å². The van der Waals surface area contributed by atoms with E-state index in [1.54, 1.807) is 0 Å². The van der Waals surface area contributed by atoms with E-state index in [1.807, 2.05) is 201 Å². The van der Waals surface area contributed by atoms with Gasteiger partial charge in [-0.05, 0) is 149 Å². The molecule has 8 aromatic carbocycles. The van der Waals surface area contributed by atoms with Crippen LogP contribution in [0.4, 0.5) is 0 Å². The normalized spacial score (nSPS) is 8.02. The summed E-state index contributed by atoms with van der Waals surface area (Å²) in [5.74, 6) is 3.21. The number of rotatable bonds is 8. The van der Waals surface area contributed by atoms with E-state index in [4.69, 9.17) is 25.2 Å². The minimum absolute atomic E-state index is 0. The minimum atomic E-state index is 0. The SMILES string of the molecule is C.C.C.C.C.C.C.C.C.C.C.C.C.C.C.CC.CC.CC.CC.CC(C)C.CC(C)C.OCc1ccc2cc(CO)ccc2c1.OCc1ccc2cc(CO)ccc2c1.OCc1ccc2cc(Oc3ccc4cc(CO)ccc4c3)ccc2c1. The Labute approximate surface area is 526 Å². The fraction of sp³-hybridized carbons (Fsp3) is 0.481. The molecule has 0 saturated heterocycles. The van der Waals surface area contributed by atoms with Crippen molar-refractivity contribution in [2.24, 2.45) is 11.8 Å². The fourth-order valence-electron chi connectivity index (χ4n) is 6.09. The molecule has 0 unspecified atom stereocenters. The van der Waals surface area contributed by atoms with E-state index < -0.39 is 0 Å². The second-order valence-electron chi connectivity index (χ2n) is 16.2. The van der Waals surface area contributed by atoms with Crippen molar-refractivity contribution in [3.63, 3.8) is 0 Å². The van der Waals surface area contributed by atoms with Crippen LogP contribution in [0.1, 0.15) is 242 Å². The molecule has 0 spiro atoms. The van der Waals surface area contributed by atoms with Gasteiger partial charge in [0.25, 0.3) is 0 Å². The van der Waals surface area contributed by atoms with Crippen LogP contribution >= 0.6 is 0 Å². The van der Waals surface area contributed by atoms with E-state index in [0.29, 0.717) is 0 Å². The Kier molecular flexibility index (Phi) is 103. The van der Waals surface area contributed by atoms with E-state index in [9.17, 15) is 10.2 Å². The number of ether oxygens (including phenoxy) is 1. The summed E-state index contributed by atoms with van der Waals surface area (Å²) in [6.07, 6.45) is 0. The molecule has 0 aliphatic rings. The van der Waals surface area contributed by atoms with Gasteiger partial charge in [0.2, 0.25) is 0 Å². The van der Waals surface area contributed by atoms with Crippen LogP contribution in [-0.2, 0) is 39.6 Å². The van der Waals surface area contributed by atoms with E-state index in [2.05, 4.69) is 41.5 Å². The first-order chi connectivity index (χ1) is 33.4. The van der Waals surface area contributed by atoms with Gasteiger partial charge < -0.3 is 35.4 Å². The van der Waals surface area contributed by atoms with E-state index in [0.717, 1.165) is 99.8 Å². The van der Waals surface area contributed by atoms with Crippen LogP contribution in [0.15, 0.2) is 146 Å². The van der Waals surface area contributed by atoms with Crippen molar-refractivity contribution >= 4 is 43.1 Å². The highest BCUT2D eigenvalue weighted by Gasteiger charge is 2.04. The Morgan fingerprint density at radius 1 is 0.226 bits per heavy atom. The molecule has 0 saturated carbocycles. The van der Waals surface area contributed by atoms with Crippen molar-refractivity contribution in [1.82, 2.24) is 0 Å². The van der Waals surface area contributed by atoms with Gasteiger partial charge in [-0.2, -0.15) is 0 Å². The molecule has 6 N–H and O–H groups in total. The van der Waals surface area contributed by atoms with Crippen molar-refractivity contribution in [3.8, 4) is 11.5 Å². The highest BCUT2D eigenvalue weighted by molar-refractivity contribution is 5.87. The van der Waals surface area contributed by atoms with Gasteiger partial charge in [0.1, 0.15) is 11.5 Å². The molecule has 496 valence electrons. The summed E-state index contributed by atoms with van der Waals surface area (Å²) >= 11 is 0. The zero-order valence-electron chi connectivity index (χ0n) is 44.3. The number of fused-ring (bicyclic) bond motifs is 4. The predicted octanol–water partition coefficient (Wildman–Crippen LogP) is 25.4. The van der Waals surface area contributed by atoms with Crippen molar-refractivity contribution in [2.45, 2.75) is 248 Å². The third-order valence-corrected chi connectivity index (χ3v) is 9.02. The molecular formula is C77H146O7. The number of hydrogen-bond acceptors (Lipinski definition) is 7. The molecule has 8 rings (SSSR count). The van der Waals surface area contributed by atoms with Gasteiger partial charge >= 0.3 is 0 Å². The van der Waals surface area contributed by atoms with Gasteiger partial charge in [0, 0.05) is 0 Å². The zero-order valence-corrected chi connectivity index (χ0v) is 44.3. The van der Waals surface area contributed by atoms with Crippen LogP contribution in [0.3, 0.4) is 0 Å². The molecule has 0 bridgehead atoms. The molecule has 0 atom stereocenters. The summed E-state index contributed by atoms with van der Waals surface area (Å²) in [6.45, 7) is 29.4. The average molecular weight is 1180 g/mol. The van der Waals surface area contributed by atoms with Gasteiger partial charge in [-0.25, -0.2) is 0 Å². The third kappa shape index (κ3) is 44.8.